The van der Waals surface area contributed by atoms with E-state index in [0.29, 0.717) is 56.0 Å². The van der Waals surface area contributed by atoms with Gasteiger partial charge in [-0.25, -0.2) is 4.79 Å². The van der Waals surface area contributed by atoms with Crippen molar-refractivity contribution < 1.29 is 29.0 Å². The summed E-state index contributed by atoms with van der Waals surface area (Å²) in [5, 5.41) is 11.3. The van der Waals surface area contributed by atoms with Gasteiger partial charge in [0.25, 0.3) is 11.7 Å². The first-order valence-corrected chi connectivity index (χ1v) is 12.3. The molecule has 0 spiro atoms. The Morgan fingerprint density at radius 1 is 1.14 bits per heavy atom. The molecular weight excluding hydrogens is 462 g/mol. The zero-order valence-corrected chi connectivity index (χ0v) is 20.6. The van der Waals surface area contributed by atoms with E-state index in [2.05, 4.69) is 4.98 Å². The van der Waals surface area contributed by atoms with Gasteiger partial charge in [0.15, 0.2) is 0 Å². The number of pyridine rings is 1. The smallest absolute Gasteiger partial charge is 0.409 e. The van der Waals surface area contributed by atoms with Crippen molar-refractivity contribution in [3.8, 4) is 5.75 Å². The number of benzene rings is 1. The number of carbonyl (C=O) groups is 3. The lowest BCUT2D eigenvalue weighted by Crippen LogP contribution is -2.48. The van der Waals surface area contributed by atoms with E-state index in [-0.39, 0.29) is 23.5 Å². The van der Waals surface area contributed by atoms with Gasteiger partial charge in [-0.2, -0.15) is 0 Å². The molecule has 3 heterocycles. The highest BCUT2D eigenvalue weighted by molar-refractivity contribution is 6.46. The molecule has 1 atom stereocenters. The third-order valence-electron chi connectivity index (χ3n) is 6.44. The average molecular weight is 494 g/mol. The average Bonchev–Trinajstić information content (AvgIpc) is 3.18. The summed E-state index contributed by atoms with van der Waals surface area (Å²) in [7, 11) is 0. The van der Waals surface area contributed by atoms with Gasteiger partial charge in [-0.3, -0.25) is 14.6 Å². The van der Waals surface area contributed by atoms with Crippen LogP contribution in [0, 0.1) is 0 Å². The van der Waals surface area contributed by atoms with Gasteiger partial charge >= 0.3 is 6.09 Å². The number of amides is 2. The first kappa shape index (κ1) is 25.2. The number of ketones is 1. The Labute approximate surface area is 210 Å². The first-order valence-electron chi connectivity index (χ1n) is 12.3. The molecule has 2 aliphatic rings. The van der Waals surface area contributed by atoms with Gasteiger partial charge in [0.05, 0.1) is 24.8 Å². The number of hydrogen-bond donors (Lipinski definition) is 1. The zero-order valence-electron chi connectivity index (χ0n) is 20.6. The molecule has 2 amide bonds. The van der Waals surface area contributed by atoms with Gasteiger partial charge < -0.3 is 24.4 Å². The van der Waals surface area contributed by atoms with Crippen LogP contribution < -0.4 is 4.74 Å². The van der Waals surface area contributed by atoms with Crippen LogP contribution in [0.2, 0.25) is 0 Å². The summed E-state index contributed by atoms with van der Waals surface area (Å²) in [6.07, 6.45) is 4.64. The molecule has 9 nitrogen and oxygen atoms in total. The lowest BCUT2D eigenvalue weighted by Gasteiger charge is -2.38. The van der Waals surface area contributed by atoms with Gasteiger partial charge in [0, 0.05) is 37.1 Å². The minimum atomic E-state index is -0.793. The molecule has 190 valence electrons. The molecule has 1 unspecified atom stereocenters. The lowest BCUT2D eigenvalue weighted by atomic mass is 9.94. The number of likely N-dealkylation sites (tertiary alicyclic amines) is 2. The highest BCUT2D eigenvalue weighted by Gasteiger charge is 2.49. The summed E-state index contributed by atoms with van der Waals surface area (Å²) in [5.74, 6) is -1.09. The third kappa shape index (κ3) is 5.05. The van der Waals surface area contributed by atoms with E-state index in [0.717, 1.165) is 6.42 Å². The number of hydrogen-bond acceptors (Lipinski definition) is 7. The Bertz CT molecular complexity index is 1140. The SMILES string of the molecule is CCCOc1cccc(/C(O)=C2\C(=O)C(=O)N(C3CCN(C(=O)OCC)CC3)C2c2cccnc2)c1. The van der Waals surface area contributed by atoms with E-state index in [9.17, 15) is 19.5 Å². The minimum absolute atomic E-state index is 0.0217. The van der Waals surface area contributed by atoms with E-state index >= 15 is 0 Å². The molecule has 36 heavy (non-hydrogen) atoms. The first-order chi connectivity index (χ1) is 17.5. The van der Waals surface area contributed by atoms with E-state index in [1.54, 1.807) is 65.5 Å². The fourth-order valence-electron chi connectivity index (χ4n) is 4.74. The number of Topliss-reactive ketones (excluding diaryl/α,β-unsaturated/α-hetero) is 1. The second kappa shape index (κ2) is 11.2. The maximum absolute atomic E-state index is 13.3. The van der Waals surface area contributed by atoms with E-state index in [1.807, 2.05) is 6.92 Å². The van der Waals surface area contributed by atoms with Crippen molar-refractivity contribution in [1.29, 1.82) is 0 Å². The number of ether oxygens (including phenoxy) is 2. The van der Waals surface area contributed by atoms with E-state index < -0.39 is 17.7 Å². The molecule has 2 fully saturated rings. The van der Waals surface area contributed by atoms with Crippen molar-refractivity contribution in [2.45, 2.75) is 45.2 Å². The number of piperidine rings is 1. The van der Waals surface area contributed by atoms with E-state index in [4.69, 9.17) is 9.47 Å². The van der Waals surface area contributed by atoms with Crippen molar-refractivity contribution in [3.63, 3.8) is 0 Å². The number of aliphatic hydroxyl groups is 1. The molecule has 0 aliphatic carbocycles. The van der Waals surface area contributed by atoms with Crippen LogP contribution in [0.15, 0.2) is 54.4 Å². The topological polar surface area (TPSA) is 109 Å². The largest absolute Gasteiger partial charge is 0.507 e. The molecule has 1 aromatic carbocycles. The van der Waals surface area contributed by atoms with Crippen molar-refractivity contribution in [2.24, 2.45) is 0 Å². The quantitative estimate of drug-likeness (QED) is 0.354. The normalized spacial score (nSPS) is 20.0. The lowest BCUT2D eigenvalue weighted by molar-refractivity contribution is -0.142. The molecule has 0 bridgehead atoms. The van der Waals surface area contributed by atoms with Crippen LogP contribution in [-0.2, 0) is 14.3 Å². The maximum Gasteiger partial charge on any atom is 0.409 e. The van der Waals surface area contributed by atoms with Crippen LogP contribution in [0.5, 0.6) is 5.75 Å². The van der Waals surface area contributed by atoms with Crippen LogP contribution >= 0.6 is 0 Å². The Kier molecular flexibility index (Phi) is 7.87. The summed E-state index contributed by atoms with van der Waals surface area (Å²) in [6.45, 7) is 5.38. The van der Waals surface area contributed by atoms with Gasteiger partial charge in [-0.05, 0) is 49.9 Å². The van der Waals surface area contributed by atoms with Gasteiger partial charge in [0.2, 0.25) is 0 Å². The summed E-state index contributed by atoms with van der Waals surface area (Å²) in [5.41, 5.74) is 1.05. The summed E-state index contributed by atoms with van der Waals surface area (Å²) in [4.78, 5) is 46.1. The highest BCUT2D eigenvalue weighted by Crippen LogP contribution is 2.42. The molecule has 4 rings (SSSR count). The number of aliphatic hydroxyl groups excluding tert-OH is 1. The van der Waals surface area contributed by atoms with Crippen LogP contribution in [0.4, 0.5) is 4.79 Å². The molecular formula is C27H31N3O6. The minimum Gasteiger partial charge on any atom is -0.507 e. The summed E-state index contributed by atoms with van der Waals surface area (Å²) < 4.78 is 10.8. The van der Waals surface area contributed by atoms with Gasteiger partial charge in [-0.1, -0.05) is 25.1 Å². The number of carbonyl (C=O) groups excluding carboxylic acids is 3. The predicted octanol–water partition coefficient (Wildman–Crippen LogP) is 3.91. The second-order valence-corrected chi connectivity index (χ2v) is 8.79. The molecule has 2 aromatic rings. The standard InChI is InChI=1S/C27H31N3O6/c1-3-15-36-21-9-5-7-18(16-21)24(31)22-23(19-8-6-12-28-17-19)30(26(33)25(22)32)20-10-13-29(14-11-20)27(34)35-4-2/h5-9,12,16-17,20,23,31H,3-4,10-11,13-15H2,1-2H3/b24-22+. The molecule has 9 heteroatoms. The third-order valence-corrected chi connectivity index (χ3v) is 6.44. The fourth-order valence-corrected chi connectivity index (χ4v) is 4.74. The summed E-state index contributed by atoms with van der Waals surface area (Å²) >= 11 is 0. The molecule has 0 radical (unpaired) electrons. The van der Waals surface area contributed by atoms with Gasteiger partial charge in [-0.15, -0.1) is 0 Å². The van der Waals surface area contributed by atoms with Gasteiger partial charge in [0.1, 0.15) is 11.5 Å². The monoisotopic (exact) mass is 493 g/mol. The molecule has 1 aromatic heterocycles. The van der Waals surface area contributed by atoms with Crippen molar-refractivity contribution in [3.05, 3.63) is 65.5 Å². The number of nitrogens with zero attached hydrogens (tertiary/aromatic N) is 3. The van der Waals surface area contributed by atoms with E-state index in [1.165, 1.54) is 0 Å². The van der Waals surface area contributed by atoms with Crippen LogP contribution in [0.1, 0.15) is 50.3 Å². The Hall–Kier alpha value is -3.88. The van der Waals surface area contributed by atoms with Crippen molar-refractivity contribution in [2.75, 3.05) is 26.3 Å². The van der Waals surface area contributed by atoms with Crippen LogP contribution in [-0.4, -0.2) is 70.0 Å². The zero-order chi connectivity index (χ0) is 25.7. The van der Waals surface area contributed by atoms with Crippen molar-refractivity contribution >= 4 is 23.5 Å². The summed E-state index contributed by atoms with van der Waals surface area (Å²) in [6, 6.07) is 9.30. The molecule has 1 N–H and O–H groups in total. The molecule has 2 saturated heterocycles. The Morgan fingerprint density at radius 2 is 1.92 bits per heavy atom. The van der Waals surface area contributed by atoms with Crippen LogP contribution in [0.3, 0.4) is 0 Å². The molecule has 0 saturated carbocycles. The number of aromatic nitrogens is 1. The molecule has 2 aliphatic heterocycles. The van der Waals surface area contributed by atoms with Crippen molar-refractivity contribution in [1.82, 2.24) is 14.8 Å². The highest BCUT2D eigenvalue weighted by atomic mass is 16.6. The Morgan fingerprint density at radius 3 is 2.58 bits per heavy atom. The Balaban J connectivity index is 1.70. The maximum atomic E-state index is 13.3. The predicted molar refractivity (Wildman–Crippen MR) is 132 cm³/mol. The number of rotatable bonds is 7. The van der Waals surface area contributed by atoms with Crippen LogP contribution in [0.25, 0.3) is 5.76 Å². The fraction of sp³-hybridized carbons (Fsp3) is 0.407. The second-order valence-electron chi connectivity index (χ2n) is 8.79.